The van der Waals surface area contributed by atoms with Gasteiger partial charge >= 0.3 is 0 Å². The van der Waals surface area contributed by atoms with Crippen molar-refractivity contribution in [3.63, 3.8) is 0 Å². The second-order valence-electron chi connectivity index (χ2n) is 6.82. The molecule has 0 amide bonds. The first-order valence-corrected chi connectivity index (χ1v) is 8.97. The van der Waals surface area contributed by atoms with Crippen LogP contribution in [0.4, 0.5) is 5.82 Å². The minimum atomic E-state index is 0.462. The van der Waals surface area contributed by atoms with Crippen LogP contribution in [0.1, 0.15) is 30.0 Å². The van der Waals surface area contributed by atoms with Crippen LogP contribution in [0.25, 0.3) is 10.9 Å². The van der Waals surface area contributed by atoms with E-state index in [2.05, 4.69) is 34.2 Å². The molecule has 0 unspecified atom stereocenters. The standard InChI is InChI=1S/C20H24N4O2/c1-13-9-19(22-17-10-15(25-2)11-18(26-3)20(13)17)24-8-4-5-14(12-24)16-6-7-21-23-16/h6-7,9-11,14H,4-5,8,12H2,1-3H3,(H,21,23)/t14-/m1/s1. The topological polar surface area (TPSA) is 63.3 Å². The third-order valence-corrected chi connectivity index (χ3v) is 5.19. The monoisotopic (exact) mass is 352 g/mol. The van der Waals surface area contributed by atoms with Gasteiger partial charge in [0.15, 0.2) is 0 Å². The number of benzene rings is 1. The first-order chi connectivity index (χ1) is 12.7. The lowest BCUT2D eigenvalue weighted by molar-refractivity contribution is 0.397. The van der Waals surface area contributed by atoms with Crippen molar-refractivity contribution in [2.45, 2.75) is 25.7 Å². The van der Waals surface area contributed by atoms with Gasteiger partial charge in [0.2, 0.25) is 0 Å². The first kappa shape index (κ1) is 16.7. The quantitative estimate of drug-likeness (QED) is 0.776. The summed E-state index contributed by atoms with van der Waals surface area (Å²) in [6.07, 6.45) is 4.14. The van der Waals surface area contributed by atoms with Crippen molar-refractivity contribution in [3.05, 3.63) is 41.7 Å². The number of hydrogen-bond donors (Lipinski definition) is 1. The summed E-state index contributed by atoms with van der Waals surface area (Å²) in [5.41, 5.74) is 3.27. The highest BCUT2D eigenvalue weighted by molar-refractivity contribution is 5.91. The van der Waals surface area contributed by atoms with E-state index < -0.39 is 0 Å². The largest absolute Gasteiger partial charge is 0.497 e. The molecule has 3 aromatic rings. The number of anilines is 1. The van der Waals surface area contributed by atoms with Crippen LogP contribution in [-0.2, 0) is 0 Å². The summed E-state index contributed by atoms with van der Waals surface area (Å²) < 4.78 is 11.0. The number of H-pyrrole nitrogens is 1. The number of fused-ring (bicyclic) bond motifs is 1. The highest BCUT2D eigenvalue weighted by atomic mass is 16.5. The number of hydrogen-bond acceptors (Lipinski definition) is 5. The van der Waals surface area contributed by atoms with Gasteiger partial charge in [-0.05, 0) is 37.5 Å². The molecule has 6 nitrogen and oxygen atoms in total. The summed E-state index contributed by atoms with van der Waals surface area (Å²) in [6, 6.07) is 8.12. The lowest BCUT2D eigenvalue weighted by Crippen LogP contribution is -2.35. The van der Waals surface area contributed by atoms with Gasteiger partial charge in [0.25, 0.3) is 0 Å². The molecule has 1 aliphatic heterocycles. The maximum atomic E-state index is 5.56. The second-order valence-corrected chi connectivity index (χ2v) is 6.82. The van der Waals surface area contributed by atoms with Gasteiger partial charge in [0, 0.05) is 48.4 Å². The Morgan fingerprint density at radius 3 is 2.81 bits per heavy atom. The lowest BCUT2D eigenvalue weighted by atomic mass is 9.95. The van der Waals surface area contributed by atoms with Crippen molar-refractivity contribution in [1.82, 2.24) is 15.2 Å². The number of nitrogens with zero attached hydrogens (tertiary/aromatic N) is 3. The van der Waals surface area contributed by atoms with Gasteiger partial charge in [0.05, 0.1) is 19.7 Å². The highest BCUT2D eigenvalue weighted by Gasteiger charge is 2.24. The van der Waals surface area contributed by atoms with E-state index in [9.17, 15) is 0 Å². The van der Waals surface area contributed by atoms with E-state index in [-0.39, 0.29) is 0 Å². The number of piperidine rings is 1. The fourth-order valence-corrected chi connectivity index (χ4v) is 3.86. The van der Waals surface area contributed by atoms with Gasteiger partial charge in [0.1, 0.15) is 17.3 Å². The first-order valence-electron chi connectivity index (χ1n) is 8.97. The van der Waals surface area contributed by atoms with Crippen molar-refractivity contribution in [2.24, 2.45) is 0 Å². The van der Waals surface area contributed by atoms with Gasteiger partial charge in [-0.3, -0.25) is 5.10 Å². The zero-order chi connectivity index (χ0) is 18.1. The molecule has 0 bridgehead atoms. The molecule has 0 radical (unpaired) electrons. The molecule has 0 aliphatic carbocycles. The molecule has 2 aromatic heterocycles. The van der Waals surface area contributed by atoms with Crippen molar-refractivity contribution in [3.8, 4) is 11.5 Å². The molecule has 4 rings (SSSR count). The van der Waals surface area contributed by atoms with Gasteiger partial charge in [-0.25, -0.2) is 4.98 Å². The van der Waals surface area contributed by atoms with Crippen molar-refractivity contribution in [2.75, 3.05) is 32.2 Å². The Labute approximate surface area is 153 Å². The Morgan fingerprint density at radius 2 is 2.08 bits per heavy atom. The van der Waals surface area contributed by atoms with Crippen LogP contribution in [0.15, 0.2) is 30.5 Å². The normalized spacial score (nSPS) is 17.5. The van der Waals surface area contributed by atoms with Gasteiger partial charge in [-0.1, -0.05) is 0 Å². The number of pyridine rings is 1. The predicted molar refractivity (Wildman–Crippen MR) is 102 cm³/mol. The second kappa shape index (κ2) is 6.86. The minimum Gasteiger partial charge on any atom is -0.497 e. The Morgan fingerprint density at radius 1 is 1.19 bits per heavy atom. The summed E-state index contributed by atoms with van der Waals surface area (Å²) in [4.78, 5) is 7.30. The van der Waals surface area contributed by atoms with Crippen LogP contribution in [0.5, 0.6) is 11.5 Å². The maximum absolute atomic E-state index is 5.56. The molecular formula is C20H24N4O2. The van der Waals surface area contributed by atoms with E-state index in [4.69, 9.17) is 14.5 Å². The van der Waals surface area contributed by atoms with Gasteiger partial charge in [-0.15, -0.1) is 0 Å². The van der Waals surface area contributed by atoms with Crippen LogP contribution in [0, 0.1) is 6.92 Å². The summed E-state index contributed by atoms with van der Waals surface area (Å²) >= 11 is 0. The molecule has 26 heavy (non-hydrogen) atoms. The molecule has 1 aliphatic rings. The van der Waals surface area contributed by atoms with E-state index >= 15 is 0 Å². The summed E-state index contributed by atoms with van der Waals surface area (Å²) in [5, 5.41) is 8.26. The fourth-order valence-electron chi connectivity index (χ4n) is 3.86. The molecule has 136 valence electrons. The van der Waals surface area contributed by atoms with Crippen LogP contribution in [0.3, 0.4) is 0 Å². The van der Waals surface area contributed by atoms with Crippen molar-refractivity contribution in [1.29, 1.82) is 0 Å². The van der Waals surface area contributed by atoms with Gasteiger partial charge < -0.3 is 14.4 Å². The third kappa shape index (κ3) is 2.96. The van der Waals surface area contributed by atoms with Gasteiger partial charge in [-0.2, -0.15) is 5.10 Å². The Bertz CT molecular complexity index is 908. The highest BCUT2D eigenvalue weighted by Crippen LogP contribution is 2.35. The van der Waals surface area contributed by atoms with Crippen molar-refractivity contribution >= 4 is 16.7 Å². The molecule has 1 N–H and O–H groups in total. The Balaban J connectivity index is 1.72. The number of aryl methyl sites for hydroxylation is 1. The molecule has 1 fully saturated rings. The number of nitrogens with one attached hydrogen (secondary N) is 1. The lowest BCUT2D eigenvalue weighted by Gasteiger charge is -2.33. The SMILES string of the molecule is COc1cc(OC)c2c(C)cc(N3CCC[C@@H](c4ccn[nH]4)C3)nc2c1. The average Bonchev–Trinajstić information content (AvgIpc) is 3.21. The molecular weight excluding hydrogens is 328 g/mol. The van der Waals surface area contributed by atoms with E-state index in [0.717, 1.165) is 53.3 Å². The number of methoxy groups -OCH3 is 2. The number of aromatic nitrogens is 3. The number of rotatable bonds is 4. The van der Waals surface area contributed by atoms with E-state index in [1.54, 1.807) is 14.2 Å². The molecule has 6 heteroatoms. The van der Waals surface area contributed by atoms with Crippen LogP contribution >= 0.6 is 0 Å². The van der Waals surface area contributed by atoms with Crippen molar-refractivity contribution < 1.29 is 9.47 Å². The molecule has 1 atom stereocenters. The number of ether oxygens (including phenoxy) is 2. The molecule has 3 heterocycles. The van der Waals surface area contributed by atoms with E-state index in [0.29, 0.717) is 5.92 Å². The Hall–Kier alpha value is -2.76. The zero-order valence-corrected chi connectivity index (χ0v) is 15.5. The molecule has 1 aromatic carbocycles. The number of aromatic amines is 1. The summed E-state index contributed by atoms with van der Waals surface area (Å²) in [6.45, 7) is 4.07. The van der Waals surface area contributed by atoms with E-state index in [1.807, 2.05) is 18.3 Å². The molecule has 1 saturated heterocycles. The van der Waals surface area contributed by atoms with Crippen LogP contribution < -0.4 is 14.4 Å². The van der Waals surface area contributed by atoms with Crippen LogP contribution in [0.2, 0.25) is 0 Å². The van der Waals surface area contributed by atoms with E-state index in [1.165, 1.54) is 12.1 Å². The average molecular weight is 352 g/mol. The fraction of sp³-hybridized carbons (Fsp3) is 0.400. The molecule has 0 saturated carbocycles. The predicted octanol–water partition coefficient (Wildman–Crippen LogP) is 3.67. The zero-order valence-electron chi connectivity index (χ0n) is 15.5. The smallest absolute Gasteiger partial charge is 0.132 e. The maximum Gasteiger partial charge on any atom is 0.132 e. The summed E-state index contributed by atoms with van der Waals surface area (Å²) in [7, 11) is 3.35. The van der Waals surface area contributed by atoms with Crippen LogP contribution in [-0.4, -0.2) is 42.5 Å². The minimum absolute atomic E-state index is 0.462. The third-order valence-electron chi connectivity index (χ3n) is 5.19. The summed E-state index contributed by atoms with van der Waals surface area (Å²) in [5.74, 6) is 3.02. The Kier molecular flexibility index (Phi) is 4.41. The molecule has 0 spiro atoms.